The van der Waals surface area contributed by atoms with E-state index in [2.05, 4.69) is 31.0 Å². The van der Waals surface area contributed by atoms with Gasteiger partial charge in [-0.25, -0.2) is 9.78 Å². The van der Waals surface area contributed by atoms with E-state index < -0.39 is 5.97 Å². The molecular weight excluding hydrogens is 390 g/mol. The Morgan fingerprint density at radius 3 is 2.54 bits per heavy atom. The fraction of sp³-hybridized carbons (Fsp3) is 0.364. The summed E-state index contributed by atoms with van der Waals surface area (Å²) < 4.78 is 5.23. The van der Waals surface area contributed by atoms with Crippen LogP contribution in [0.15, 0.2) is 29.8 Å². The molecular formula is C22H23NO3S2. The molecule has 0 amide bonds. The van der Waals surface area contributed by atoms with Crippen molar-refractivity contribution in [3.05, 3.63) is 51.5 Å². The molecule has 0 saturated carbocycles. The van der Waals surface area contributed by atoms with E-state index in [9.17, 15) is 9.90 Å². The van der Waals surface area contributed by atoms with E-state index in [1.54, 1.807) is 29.8 Å². The Bertz CT molecular complexity index is 1020. The predicted octanol–water partition coefficient (Wildman–Crippen LogP) is 5.90. The lowest BCUT2D eigenvalue weighted by molar-refractivity contribution is 0.0696. The van der Waals surface area contributed by atoms with Gasteiger partial charge in [0.2, 0.25) is 0 Å². The van der Waals surface area contributed by atoms with Crippen molar-refractivity contribution in [3.63, 3.8) is 0 Å². The Labute approximate surface area is 172 Å². The van der Waals surface area contributed by atoms with Gasteiger partial charge in [-0.15, -0.1) is 22.7 Å². The third kappa shape index (κ3) is 3.52. The van der Waals surface area contributed by atoms with Crippen LogP contribution in [0.3, 0.4) is 0 Å². The number of carbonyl (C=O) groups is 1. The second kappa shape index (κ2) is 7.43. The largest absolute Gasteiger partial charge is 0.478 e. The Kier molecular flexibility index (Phi) is 5.12. The molecule has 0 spiro atoms. The van der Waals surface area contributed by atoms with E-state index in [0.717, 1.165) is 51.4 Å². The number of hydrogen-bond acceptors (Lipinski definition) is 5. The summed E-state index contributed by atoms with van der Waals surface area (Å²) in [4.78, 5) is 19.7. The number of rotatable bonds is 5. The second-order valence-electron chi connectivity index (χ2n) is 7.99. The van der Waals surface area contributed by atoms with Crippen LogP contribution >= 0.6 is 22.7 Å². The number of carboxylic acids is 1. The summed E-state index contributed by atoms with van der Waals surface area (Å²) in [5, 5.41) is 9.93. The monoisotopic (exact) mass is 413 g/mol. The average Bonchev–Trinajstić information content (AvgIpc) is 3.25. The number of carboxylic acid groups (broad SMARTS) is 1. The van der Waals surface area contributed by atoms with Crippen LogP contribution in [0, 0.1) is 5.41 Å². The number of methoxy groups -OCH3 is 1. The summed E-state index contributed by atoms with van der Waals surface area (Å²) in [6.07, 6.45) is 2.90. The van der Waals surface area contributed by atoms with Crippen LogP contribution in [-0.2, 0) is 24.2 Å². The molecule has 6 heteroatoms. The summed E-state index contributed by atoms with van der Waals surface area (Å²) in [5.74, 6) is -0.820. The fourth-order valence-corrected chi connectivity index (χ4v) is 5.99. The molecule has 1 N–H and O–H groups in total. The molecule has 0 radical (unpaired) electrons. The molecule has 0 aliphatic heterocycles. The van der Waals surface area contributed by atoms with Gasteiger partial charge < -0.3 is 9.84 Å². The van der Waals surface area contributed by atoms with Crippen molar-refractivity contribution in [1.29, 1.82) is 0 Å². The van der Waals surface area contributed by atoms with E-state index >= 15 is 0 Å². The number of nitrogens with zero attached hydrogens (tertiary/aromatic N) is 1. The number of aryl methyl sites for hydroxylation is 1. The normalized spacial score (nSPS) is 15.4. The van der Waals surface area contributed by atoms with Crippen LogP contribution in [0.25, 0.3) is 20.9 Å². The van der Waals surface area contributed by atoms with Crippen molar-refractivity contribution in [1.82, 2.24) is 4.98 Å². The highest BCUT2D eigenvalue weighted by atomic mass is 32.1. The molecule has 1 aromatic carbocycles. The second-order valence-corrected chi connectivity index (χ2v) is 9.95. The van der Waals surface area contributed by atoms with E-state index in [1.165, 1.54) is 4.88 Å². The van der Waals surface area contributed by atoms with Gasteiger partial charge in [0.1, 0.15) is 0 Å². The minimum absolute atomic E-state index is 0.156. The lowest BCUT2D eigenvalue weighted by Gasteiger charge is -2.29. The Morgan fingerprint density at radius 1 is 1.21 bits per heavy atom. The highest BCUT2D eigenvalue weighted by Gasteiger charge is 2.32. The minimum atomic E-state index is -0.820. The molecule has 0 fully saturated rings. The lowest BCUT2D eigenvalue weighted by atomic mass is 9.76. The first-order valence-corrected chi connectivity index (χ1v) is 11.0. The van der Waals surface area contributed by atoms with Gasteiger partial charge in [0.25, 0.3) is 0 Å². The summed E-state index contributed by atoms with van der Waals surface area (Å²) in [6.45, 7) is 4.93. The van der Waals surface area contributed by atoms with Crippen LogP contribution in [0.4, 0.5) is 0 Å². The first kappa shape index (κ1) is 19.3. The number of benzene rings is 1. The molecule has 0 saturated heterocycles. The number of ether oxygens (including phenoxy) is 1. The molecule has 146 valence electrons. The third-order valence-corrected chi connectivity index (χ3v) is 7.58. The maximum absolute atomic E-state index is 12.1. The zero-order valence-electron chi connectivity index (χ0n) is 16.2. The predicted molar refractivity (Wildman–Crippen MR) is 114 cm³/mol. The van der Waals surface area contributed by atoms with E-state index in [-0.39, 0.29) is 5.41 Å². The van der Waals surface area contributed by atoms with Gasteiger partial charge in [0, 0.05) is 16.9 Å². The van der Waals surface area contributed by atoms with Crippen LogP contribution in [0.1, 0.15) is 46.8 Å². The molecule has 1 aliphatic carbocycles. The van der Waals surface area contributed by atoms with E-state index in [4.69, 9.17) is 4.74 Å². The molecule has 28 heavy (non-hydrogen) atoms. The molecule has 2 aromatic heterocycles. The van der Waals surface area contributed by atoms with Crippen LogP contribution in [0.5, 0.6) is 0 Å². The Hall–Kier alpha value is -2.02. The topological polar surface area (TPSA) is 59.4 Å². The maximum atomic E-state index is 12.1. The van der Waals surface area contributed by atoms with Gasteiger partial charge in [-0.1, -0.05) is 38.1 Å². The van der Waals surface area contributed by atoms with Gasteiger partial charge in [-0.3, -0.25) is 0 Å². The summed E-state index contributed by atoms with van der Waals surface area (Å²) in [6, 6.07) is 8.16. The van der Waals surface area contributed by atoms with Gasteiger partial charge >= 0.3 is 5.97 Å². The summed E-state index contributed by atoms with van der Waals surface area (Å²) in [5.41, 5.74) is 6.50. The summed E-state index contributed by atoms with van der Waals surface area (Å²) >= 11 is 3.24. The van der Waals surface area contributed by atoms with Gasteiger partial charge in [0.15, 0.2) is 0 Å². The van der Waals surface area contributed by atoms with Gasteiger partial charge in [0.05, 0.1) is 28.3 Å². The van der Waals surface area contributed by atoms with Crippen LogP contribution < -0.4 is 0 Å². The first-order valence-electron chi connectivity index (χ1n) is 9.29. The Morgan fingerprint density at radius 2 is 1.89 bits per heavy atom. The van der Waals surface area contributed by atoms with Crippen molar-refractivity contribution in [2.45, 2.75) is 39.7 Å². The number of aromatic carboxylic acids is 1. The molecule has 4 nitrogen and oxygen atoms in total. The van der Waals surface area contributed by atoms with E-state index in [0.29, 0.717) is 12.2 Å². The highest BCUT2D eigenvalue weighted by molar-refractivity contribution is 7.16. The number of aromatic nitrogens is 1. The van der Waals surface area contributed by atoms with Crippen LogP contribution in [0.2, 0.25) is 0 Å². The number of thiophene rings is 1. The van der Waals surface area contributed by atoms with Crippen molar-refractivity contribution < 1.29 is 14.6 Å². The van der Waals surface area contributed by atoms with Crippen LogP contribution in [-0.4, -0.2) is 23.2 Å². The van der Waals surface area contributed by atoms with E-state index in [1.807, 2.05) is 17.6 Å². The lowest BCUT2D eigenvalue weighted by Crippen LogP contribution is -2.22. The molecule has 0 atom stereocenters. The average molecular weight is 414 g/mol. The number of hydrogen-bond donors (Lipinski definition) is 1. The minimum Gasteiger partial charge on any atom is -0.478 e. The molecule has 4 rings (SSSR count). The fourth-order valence-electron chi connectivity index (χ4n) is 3.87. The smallest absolute Gasteiger partial charge is 0.337 e. The van der Waals surface area contributed by atoms with Crippen molar-refractivity contribution >= 4 is 28.6 Å². The zero-order valence-corrected chi connectivity index (χ0v) is 17.9. The molecule has 0 unspecified atom stereocenters. The highest BCUT2D eigenvalue weighted by Crippen LogP contribution is 2.45. The molecule has 2 heterocycles. The number of fused-ring (bicyclic) bond motifs is 1. The van der Waals surface area contributed by atoms with Gasteiger partial charge in [-0.2, -0.15) is 0 Å². The third-order valence-electron chi connectivity index (χ3n) is 5.32. The van der Waals surface area contributed by atoms with Crippen molar-refractivity contribution in [2.24, 2.45) is 5.41 Å². The molecule has 0 bridgehead atoms. The standard InChI is InChI=1S/C22H23NO3S2/c1-22(2)9-8-17-15(10-22)18(21(24)25)20(28-17)14-6-4-13(5-7-14)19-16(11-26-3)23-12-27-19/h4-7,12H,8-11H2,1-3H3,(H,24,25). The summed E-state index contributed by atoms with van der Waals surface area (Å²) in [7, 11) is 1.67. The first-order chi connectivity index (χ1) is 13.4. The quantitative estimate of drug-likeness (QED) is 0.566. The number of thiazole rings is 1. The zero-order chi connectivity index (χ0) is 19.9. The Balaban J connectivity index is 1.73. The van der Waals surface area contributed by atoms with Crippen molar-refractivity contribution in [3.8, 4) is 20.9 Å². The van der Waals surface area contributed by atoms with Crippen molar-refractivity contribution in [2.75, 3.05) is 7.11 Å². The maximum Gasteiger partial charge on any atom is 0.337 e. The SMILES string of the molecule is COCc1ncsc1-c1ccc(-c2sc3c(c2C(=O)O)CC(C)(C)CC3)cc1. The molecule has 3 aromatic rings. The van der Waals surface area contributed by atoms with Gasteiger partial charge in [-0.05, 0) is 41.4 Å². The molecule has 1 aliphatic rings.